The number of rotatable bonds is 8. The van der Waals surface area contributed by atoms with E-state index in [1.165, 1.54) is 42.3 Å². The maximum Gasteiger partial charge on any atom is 0.314 e. The highest BCUT2D eigenvalue weighted by atomic mass is 19.1. The first-order valence-corrected chi connectivity index (χ1v) is 7.92. The Hall–Kier alpha value is -3.16. The molecule has 0 fully saturated rings. The van der Waals surface area contributed by atoms with Gasteiger partial charge in [0.1, 0.15) is 11.6 Å². The molecular formula is C18H19FN2O5. The molecule has 0 aromatic heterocycles. The van der Waals surface area contributed by atoms with Crippen LogP contribution in [0.2, 0.25) is 0 Å². The molecule has 7 nitrogen and oxygen atoms in total. The van der Waals surface area contributed by atoms with Gasteiger partial charge in [-0.15, -0.1) is 0 Å². The van der Waals surface area contributed by atoms with Crippen LogP contribution in [0.15, 0.2) is 42.5 Å². The summed E-state index contributed by atoms with van der Waals surface area (Å²) in [6.07, 6.45) is 0. The predicted molar refractivity (Wildman–Crippen MR) is 92.6 cm³/mol. The molecule has 0 radical (unpaired) electrons. The summed E-state index contributed by atoms with van der Waals surface area (Å²) in [7, 11) is 1.40. The van der Waals surface area contributed by atoms with Gasteiger partial charge in [0.05, 0.1) is 18.1 Å². The number of hydrogen-bond acceptors (Lipinski definition) is 5. The minimum absolute atomic E-state index is 0.0223. The lowest BCUT2D eigenvalue weighted by Gasteiger charge is -2.21. The fraction of sp³-hybridized carbons (Fsp3) is 0.278. The lowest BCUT2D eigenvalue weighted by atomic mass is 10.2. The van der Waals surface area contributed by atoms with Crippen LogP contribution in [-0.4, -0.2) is 36.0 Å². The number of hydrogen-bond donors (Lipinski definition) is 0. The van der Waals surface area contributed by atoms with Crippen LogP contribution in [-0.2, 0) is 11.3 Å². The molecule has 0 saturated heterocycles. The molecule has 26 heavy (non-hydrogen) atoms. The first kappa shape index (κ1) is 19.2. The monoisotopic (exact) mass is 362 g/mol. The van der Waals surface area contributed by atoms with Gasteiger partial charge in [-0.2, -0.15) is 0 Å². The summed E-state index contributed by atoms with van der Waals surface area (Å²) < 4.78 is 23.6. The molecule has 0 spiro atoms. The Bertz CT molecular complexity index is 797. The van der Waals surface area contributed by atoms with E-state index >= 15 is 0 Å². The lowest BCUT2D eigenvalue weighted by molar-refractivity contribution is -0.385. The highest BCUT2D eigenvalue weighted by Gasteiger charge is 2.19. The third-order valence-electron chi connectivity index (χ3n) is 3.71. The summed E-state index contributed by atoms with van der Waals surface area (Å²) in [5.74, 6) is -0.444. The van der Waals surface area contributed by atoms with Crippen molar-refractivity contribution in [2.45, 2.75) is 13.5 Å². The largest absolute Gasteiger partial charge is 0.496 e. The normalized spacial score (nSPS) is 10.3. The molecule has 0 aliphatic rings. The third-order valence-corrected chi connectivity index (χ3v) is 3.71. The number of amides is 1. The van der Waals surface area contributed by atoms with Crippen molar-refractivity contribution in [2.75, 3.05) is 20.3 Å². The second kappa shape index (κ2) is 8.80. The van der Waals surface area contributed by atoms with Crippen LogP contribution >= 0.6 is 0 Å². The number of nitrogens with zero attached hydrogens (tertiary/aromatic N) is 2. The molecule has 2 aromatic rings. The Labute approximate surface area is 150 Å². The van der Waals surface area contributed by atoms with Gasteiger partial charge < -0.3 is 14.4 Å². The fourth-order valence-corrected chi connectivity index (χ4v) is 2.35. The number of nitro groups is 1. The molecular weight excluding hydrogens is 343 g/mol. The Balaban J connectivity index is 2.05. The summed E-state index contributed by atoms with van der Waals surface area (Å²) in [6, 6.07) is 10.1. The molecule has 0 heterocycles. The van der Waals surface area contributed by atoms with E-state index in [9.17, 15) is 19.3 Å². The van der Waals surface area contributed by atoms with E-state index in [1.807, 2.05) is 0 Å². The molecule has 138 valence electrons. The highest BCUT2D eigenvalue weighted by molar-refractivity contribution is 5.78. The van der Waals surface area contributed by atoms with Gasteiger partial charge >= 0.3 is 5.69 Å². The molecule has 1 amide bonds. The molecule has 0 N–H and O–H groups in total. The molecule has 8 heteroatoms. The Kier molecular flexibility index (Phi) is 6.48. The fourth-order valence-electron chi connectivity index (χ4n) is 2.35. The van der Waals surface area contributed by atoms with Gasteiger partial charge in [-0.1, -0.05) is 12.1 Å². The maximum atomic E-state index is 13.3. The number of benzene rings is 2. The molecule has 0 aliphatic carbocycles. The third kappa shape index (κ3) is 4.92. The van der Waals surface area contributed by atoms with Gasteiger partial charge in [-0.3, -0.25) is 14.9 Å². The van der Waals surface area contributed by atoms with Gasteiger partial charge in [-0.25, -0.2) is 4.39 Å². The van der Waals surface area contributed by atoms with Crippen molar-refractivity contribution in [1.82, 2.24) is 4.90 Å². The van der Waals surface area contributed by atoms with Gasteiger partial charge in [0.25, 0.3) is 5.91 Å². The molecule has 0 bridgehead atoms. The van der Waals surface area contributed by atoms with E-state index < -0.39 is 4.92 Å². The highest BCUT2D eigenvalue weighted by Crippen LogP contribution is 2.31. The SMILES string of the molecule is CCN(Cc1cccc(F)c1)C(=O)COc1ccc(OC)cc1[N+](=O)[O-]. The number of methoxy groups -OCH3 is 1. The van der Waals surface area contributed by atoms with Crippen molar-refractivity contribution in [3.05, 3.63) is 64.0 Å². The quantitative estimate of drug-likeness (QED) is 0.532. The molecule has 0 unspecified atom stereocenters. The van der Waals surface area contributed by atoms with Crippen LogP contribution in [0, 0.1) is 15.9 Å². The standard InChI is InChI=1S/C18H19FN2O5/c1-3-20(11-13-5-4-6-14(19)9-13)18(22)12-26-17-8-7-15(25-2)10-16(17)21(23)24/h4-10H,3,11-12H2,1-2H3. The van der Waals surface area contributed by atoms with Crippen molar-refractivity contribution in [3.63, 3.8) is 0 Å². The summed E-state index contributed by atoms with van der Waals surface area (Å²) in [5.41, 5.74) is 0.362. The van der Waals surface area contributed by atoms with E-state index in [0.29, 0.717) is 17.9 Å². The van der Waals surface area contributed by atoms with E-state index in [1.54, 1.807) is 19.1 Å². The van der Waals surface area contributed by atoms with Crippen LogP contribution in [0.25, 0.3) is 0 Å². The Morgan fingerprint density at radius 1 is 1.27 bits per heavy atom. The zero-order valence-corrected chi connectivity index (χ0v) is 14.5. The van der Waals surface area contributed by atoms with Crippen molar-refractivity contribution < 1.29 is 23.6 Å². The Morgan fingerprint density at radius 3 is 2.65 bits per heavy atom. The summed E-state index contributed by atoms with van der Waals surface area (Å²) in [6.45, 7) is 2.04. The number of halogens is 1. The minimum atomic E-state index is -0.604. The van der Waals surface area contributed by atoms with E-state index in [0.717, 1.165) is 0 Å². The van der Waals surface area contributed by atoms with E-state index in [4.69, 9.17) is 9.47 Å². The van der Waals surface area contributed by atoms with E-state index in [2.05, 4.69) is 0 Å². The number of carbonyl (C=O) groups is 1. The molecule has 0 atom stereocenters. The average molecular weight is 362 g/mol. The van der Waals surface area contributed by atoms with Crippen molar-refractivity contribution in [1.29, 1.82) is 0 Å². The molecule has 2 aromatic carbocycles. The summed E-state index contributed by atoms with van der Waals surface area (Å²) in [4.78, 5) is 24.4. The van der Waals surface area contributed by atoms with Gasteiger partial charge in [0, 0.05) is 13.1 Å². The number of likely N-dealkylation sites (N-methyl/N-ethyl adjacent to an activating group) is 1. The molecule has 0 saturated carbocycles. The van der Waals surface area contributed by atoms with Crippen molar-refractivity contribution in [2.24, 2.45) is 0 Å². The topological polar surface area (TPSA) is 81.9 Å². The van der Waals surface area contributed by atoms with Gasteiger partial charge in [0.15, 0.2) is 12.4 Å². The van der Waals surface area contributed by atoms with Crippen LogP contribution in [0.3, 0.4) is 0 Å². The Morgan fingerprint density at radius 2 is 2.04 bits per heavy atom. The summed E-state index contributed by atoms with van der Waals surface area (Å²) >= 11 is 0. The van der Waals surface area contributed by atoms with Crippen LogP contribution in [0.5, 0.6) is 11.5 Å². The number of ether oxygens (including phenoxy) is 2. The molecule has 2 rings (SSSR count). The average Bonchev–Trinajstić information content (AvgIpc) is 2.64. The zero-order chi connectivity index (χ0) is 19.1. The molecule has 0 aliphatic heterocycles. The van der Waals surface area contributed by atoms with E-state index in [-0.39, 0.29) is 36.3 Å². The maximum absolute atomic E-state index is 13.3. The number of carbonyl (C=O) groups excluding carboxylic acids is 1. The smallest absolute Gasteiger partial charge is 0.314 e. The van der Waals surface area contributed by atoms with Crippen LogP contribution in [0.1, 0.15) is 12.5 Å². The van der Waals surface area contributed by atoms with Gasteiger partial charge in [-0.05, 0) is 36.8 Å². The first-order valence-electron chi connectivity index (χ1n) is 7.92. The zero-order valence-electron chi connectivity index (χ0n) is 14.5. The second-order valence-electron chi connectivity index (χ2n) is 5.42. The van der Waals surface area contributed by atoms with Gasteiger partial charge in [0.2, 0.25) is 0 Å². The van der Waals surface area contributed by atoms with Crippen LogP contribution in [0.4, 0.5) is 10.1 Å². The summed E-state index contributed by atoms with van der Waals surface area (Å²) in [5, 5.41) is 11.1. The second-order valence-corrected chi connectivity index (χ2v) is 5.42. The predicted octanol–water partition coefficient (Wildman–Crippen LogP) is 3.17. The van der Waals surface area contributed by atoms with Crippen molar-refractivity contribution >= 4 is 11.6 Å². The lowest BCUT2D eigenvalue weighted by Crippen LogP contribution is -2.34. The van der Waals surface area contributed by atoms with Crippen LogP contribution < -0.4 is 9.47 Å². The minimum Gasteiger partial charge on any atom is -0.496 e. The first-order chi connectivity index (χ1) is 12.4. The number of nitro benzene ring substituents is 1. The van der Waals surface area contributed by atoms with Crippen molar-refractivity contribution in [3.8, 4) is 11.5 Å².